The maximum atomic E-state index is 12.9. The van der Waals surface area contributed by atoms with Crippen LogP contribution in [-0.2, 0) is 4.79 Å². The van der Waals surface area contributed by atoms with Gasteiger partial charge in [0.25, 0.3) is 0 Å². The fourth-order valence-corrected chi connectivity index (χ4v) is 1.47. The van der Waals surface area contributed by atoms with Crippen LogP contribution in [0.15, 0.2) is 30.9 Å². The average Bonchev–Trinajstić information content (AvgIpc) is 2.33. The molecule has 0 saturated carbocycles. The minimum Gasteiger partial charge on any atom is -0.480 e. The number of urea groups is 1. The predicted octanol–water partition coefficient (Wildman–Crippen LogP) is 2.63. The Hall–Kier alpha value is -2.08. The van der Waals surface area contributed by atoms with E-state index in [4.69, 9.17) is 16.7 Å². The lowest BCUT2D eigenvalue weighted by molar-refractivity contribution is -0.139. The molecule has 19 heavy (non-hydrogen) atoms. The Labute approximate surface area is 114 Å². The molecule has 0 spiro atoms. The number of hydrogen-bond acceptors (Lipinski definition) is 2. The number of anilines is 1. The number of carbonyl (C=O) groups excluding carboxylic acids is 1. The molecule has 0 aliphatic carbocycles. The quantitative estimate of drug-likeness (QED) is 0.728. The summed E-state index contributed by atoms with van der Waals surface area (Å²) < 4.78 is 12.9. The van der Waals surface area contributed by atoms with E-state index in [9.17, 15) is 14.0 Å². The summed E-state index contributed by atoms with van der Waals surface area (Å²) >= 11 is 5.55. The molecule has 1 aromatic rings. The second kappa shape index (κ2) is 6.75. The Morgan fingerprint density at radius 3 is 2.74 bits per heavy atom. The molecule has 3 N–H and O–H groups in total. The Kier molecular flexibility index (Phi) is 5.32. The summed E-state index contributed by atoms with van der Waals surface area (Å²) in [6.07, 6.45) is 1.47. The van der Waals surface area contributed by atoms with Gasteiger partial charge in [-0.25, -0.2) is 14.0 Å². The van der Waals surface area contributed by atoms with Crippen LogP contribution in [0.25, 0.3) is 0 Å². The Morgan fingerprint density at radius 1 is 1.53 bits per heavy atom. The number of benzene rings is 1. The summed E-state index contributed by atoms with van der Waals surface area (Å²) in [6.45, 7) is 3.40. The van der Waals surface area contributed by atoms with Crippen LogP contribution < -0.4 is 10.6 Å². The van der Waals surface area contributed by atoms with Gasteiger partial charge in [-0.15, -0.1) is 6.58 Å². The molecule has 0 heterocycles. The zero-order valence-corrected chi connectivity index (χ0v) is 10.6. The van der Waals surface area contributed by atoms with Gasteiger partial charge in [0.2, 0.25) is 0 Å². The minimum atomic E-state index is -1.17. The first kappa shape index (κ1) is 15.0. The lowest BCUT2D eigenvalue weighted by Crippen LogP contribution is -2.42. The lowest BCUT2D eigenvalue weighted by Gasteiger charge is -2.13. The van der Waals surface area contributed by atoms with Crippen molar-refractivity contribution in [3.05, 3.63) is 41.7 Å². The molecule has 5 nitrogen and oxygen atoms in total. The maximum absolute atomic E-state index is 12.9. The first-order chi connectivity index (χ1) is 8.93. The third-order valence-corrected chi connectivity index (χ3v) is 2.47. The van der Waals surface area contributed by atoms with Crippen LogP contribution in [0, 0.1) is 5.82 Å². The van der Waals surface area contributed by atoms with Crippen LogP contribution in [0.5, 0.6) is 0 Å². The summed E-state index contributed by atoms with van der Waals surface area (Å²) in [6, 6.07) is 1.82. The van der Waals surface area contributed by atoms with E-state index in [0.717, 1.165) is 6.07 Å². The van der Waals surface area contributed by atoms with Crippen molar-refractivity contribution < 1.29 is 19.1 Å². The fraction of sp³-hybridized carbons (Fsp3) is 0.167. The number of amides is 2. The first-order valence-corrected chi connectivity index (χ1v) is 5.68. The van der Waals surface area contributed by atoms with Gasteiger partial charge >= 0.3 is 12.0 Å². The molecule has 0 aliphatic rings. The van der Waals surface area contributed by atoms with E-state index in [1.807, 2.05) is 0 Å². The number of carboxylic acids is 1. The summed E-state index contributed by atoms with van der Waals surface area (Å²) in [5.41, 5.74) is 0.256. The predicted molar refractivity (Wildman–Crippen MR) is 69.8 cm³/mol. The molecular weight excluding hydrogens is 275 g/mol. The summed E-state index contributed by atoms with van der Waals surface area (Å²) in [7, 11) is 0. The molecule has 0 bridgehead atoms. The van der Waals surface area contributed by atoms with Gasteiger partial charge in [0.15, 0.2) is 0 Å². The van der Waals surface area contributed by atoms with Crippen LogP contribution >= 0.6 is 11.6 Å². The third kappa shape index (κ3) is 4.59. The Morgan fingerprint density at radius 2 is 2.21 bits per heavy atom. The van der Waals surface area contributed by atoms with Crippen molar-refractivity contribution in [3.8, 4) is 0 Å². The number of halogens is 2. The molecule has 0 aromatic heterocycles. The highest BCUT2D eigenvalue weighted by atomic mass is 35.5. The van der Waals surface area contributed by atoms with Gasteiger partial charge in [0, 0.05) is 5.69 Å². The van der Waals surface area contributed by atoms with E-state index in [1.165, 1.54) is 18.2 Å². The molecule has 102 valence electrons. The van der Waals surface area contributed by atoms with Crippen LogP contribution in [0.4, 0.5) is 14.9 Å². The van der Waals surface area contributed by atoms with E-state index >= 15 is 0 Å². The van der Waals surface area contributed by atoms with Gasteiger partial charge in [-0.2, -0.15) is 0 Å². The Balaban J connectivity index is 2.65. The van der Waals surface area contributed by atoms with Gasteiger partial charge in [-0.1, -0.05) is 17.7 Å². The van der Waals surface area contributed by atoms with E-state index in [2.05, 4.69) is 17.2 Å². The average molecular weight is 287 g/mol. The normalized spacial score (nSPS) is 11.5. The highest BCUT2D eigenvalue weighted by molar-refractivity contribution is 6.31. The molecule has 0 radical (unpaired) electrons. The van der Waals surface area contributed by atoms with Gasteiger partial charge in [0.1, 0.15) is 11.9 Å². The van der Waals surface area contributed by atoms with Crippen molar-refractivity contribution in [2.24, 2.45) is 0 Å². The Bertz CT molecular complexity index is 508. The van der Waals surface area contributed by atoms with E-state index in [0.29, 0.717) is 0 Å². The molecular formula is C12H12ClFN2O3. The summed E-state index contributed by atoms with van der Waals surface area (Å²) in [5.74, 6) is -1.78. The third-order valence-electron chi connectivity index (χ3n) is 2.18. The number of aliphatic carboxylic acids is 1. The smallest absolute Gasteiger partial charge is 0.326 e. The molecule has 7 heteroatoms. The maximum Gasteiger partial charge on any atom is 0.326 e. The van der Waals surface area contributed by atoms with Crippen LogP contribution in [-0.4, -0.2) is 23.1 Å². The van der Waals surface area contributed by atoms with Crippen molar-refractivity contribution in [1.82, 2.24) is 5.32 Å². The molecule has 0 fully saturated rings. The van der Waals surface area contributed by atoms with Crippen molar-refractivity contribution in [2.45, 2.75) is 12.5 Å². The van der Waals surface area contributed by atoms with E-state index in [1.54, 1.807) is 0 Å². The monoisotopic (exact) mass is 286 g/mol. The number of hydrogen-bond donors (Lipinski definition) is 3. The van der Waals surface area contributed by atoms with Crippen molar-refractivity contribution >= 4 is 29.3 Å². The molecule has 1 aromatic carbocycles. The molecule has 1 atom stereocenters. The summed E-state index contributed by atoms with van der Waals surface area (Å²) in [4.78, 5) is 22.4. The summed E-state index contributed by atoms with van der Waals surface area (Å²) in [5, 5.41) is 13.3. The minimum absolute atomic E-state index is 0.0902. The standard InChI is InChI=1S/C12H12ClFN2O3/c1-2-3-10(11(17)18)16-12(19)15-7-4-5-9(14)8(13)6-7/h2,4-6,10H,1,3H2,(H,17,18)(H2,15,16,19). The second-order valence-electron chi connectivity index (χ2n) is 3.64. The van der Waals surface area contributed by atoms with Gasteiger partial charge in [0.05, 0.1) is 5.02 Å². The van der Waals surface area contributed by atoms with Crippen LogP contribution in [0.1, 0.15) is 6.42 Å². The van der Waals surface area contributed by atoms with Gasteiger partial charge in [-0.3, -0.25) is 0 Å². The van der Waals surface area contributed by atoms with Gasteiger partial charge < -0.3 is 15.7 Å². The van der Waals surface area contributed by atoms with Crippen molar-refractivity contribution in [2.75, 3.05) is 5.32 Å². The van der Waals surface area contributed by atoms with Crippen LogP contribution in [0.2, 0.25) is 5.02 Å². The lowest BCUT2D eigenvalue weighted by atomic mass is 10.2. The fourth-order valence-electron chi connectivity index (χ4n) is 1.29. The number of rotatable bonds is 5. The van der Waals surface area contributed by atoms with Gasteiger partial charge in [-0.05, 0) is 24.6 Å². The largest absolute Gasteiger partial charge is 0.480 e. The van der Waals surface area contributed by atoms with Crippen LogP contribution in [0.3, 0.4) is 0 Å². The highest BCUT2D eigenvalue weighted by Gasteiger charge is 2.18. The van der Waals surface area contributed by atoms with E-state index < -0.39 is 23.9 Å². The number of carbonyl (C=O) groups is 2. The molecule has 0 aliphatic heterocycles. The second-order valence-corrected chi connectivity index (χ2v) is 4.05. The molecule has 0 saturated heterocycles. The zero-order valence-electron chi connectivity index (χ0n) is 9.82. The molecule has 1 rings (SSSR count). The molecule has 2 amide bonds. The molecule has 1 unspecified atom stereocenters. The van der Waals surface area contributed by atoms with Crippen molar-refractivity contribution in [1.29, 1.82) is 0 Å². The number of nitrogens with one attached hydrogen (secondary N) is 2. The number of carboxylic acid groups (broad SMARTS) is 1. The van der Waals surface area contributed by atoms with Crippen molar-refractivity contribution in [3.63, 3.8) is 0 Å². The SMILES string of the molecule is C=CCC(NC(=O)Nc1ccc(F)c(Cl)c1)C(=O)O. The first-order valence-electron chi connectivity index (χ1n) is 5.30. The zero-order chi connectivity index (χ0) is 14.4. The topological polar surface area (TPSA) is 78.4 Å². The highest BCUT2D eigenvalue weighted by Crippen LogP contribution is 2.19. The van der Waals surface area contributed by atoms with E-state index in [-0.39, 0.29) is 17.1 Å².